The summed E-state index contributed by atoms with van der Waals surface area (Å²) in [5.41, 5.74) is 4.11. The molecule has 0 spiro atoms. The first-order valence-corrected chi connectivity index (χ1v) is 5.65. The largest absolute Gasteiger partial charge is 0.300 e. The molecule has 1 saturated carbocycles. The summed E-state index contributed by atoms with van der Waals surface area (Å²) in [6.45, 7) is 6.39. The summed E-state index contributed by atoms with van der Waals surface area (Å²) in [5.74, 6) is 0.454. The zero-order chi connectivity index (χ0) is 11.3. The lowest BCUT2D eigenvalue weighted by molar-refractivity contribution is -0.117. The Labute approximate surface area is 92.5 Å². The smallest absolute Gasteiger partial charge is 0.132 e. The summed E-state index contributed by atoms with van der Waals surface area (Å²) >= 11 is 0. The van der Waals surface area contributed by atoms with Gasteiger partial charge in [0.15, 0.2) is 0 Å². The van der Waals surface area contributed by atoms with Crippen molar-refractivity contribution in [2.24, 2.45) is 0 Å². The summed E-state index contributed by atoms with van der Waals surface area (Å²) in [5, 5.41) is 0. The lowest BCUT2D eigenvalue weighted by atomic mass is 10.1. The number of carbonyl (C=O) groups is 1. The Bertz CT molecular complexity index is 331. The molecule has 0 N–H and O–H groups in total. The molecule has 0 unspecified atom stereocenters. The first kappa shape index (κ1) is 12.0. The van der Waals surface area contributed by atoms with Gasteiger partial charge in [0.1, 0.15) is 5.78 Å². The van der Waals surface area contributed by atoms with Crippen LogP contribution in [0.25, 0.3) is 0 Å². The highest BCUT2D eigenvalue weighted by molar-refractivity contribution is 5.80. The van der Waals surface area contributed by atoms with Gasteiger partial charge in [-0.15, -0.1) is 0 Å². The fraction of sp³-hybridized carbons (Fsp3) is 0.500. The van der Waals surface area contributed by atoms with E-state index in [2.05, 4.69) is 39.0 Å². The van der Waals surface area contributed by atoms with Crippen molar-refractivity contribution in [2.75, 3.05) is 0 Å². The predicted octanol–water partition coefficient (Wildman–Crippen LogP) is 3.74. The van der Waals surface area contributed by atoms with Crippen LogP contribution in [0.5, 0.6) is 0 Å². The van der Waals surface area contributed by atoms with Crippen molar-refractivity contribution in [2.45, 2.75) is 46.5 Å². The van der Waals surface area contributed by atoms with Crippen LogP contribution in [0.2, 0.25) is 0 Å². The van der Waals surface area contributed by atoms with Gasteiger partial charge in [0.25, 0.3) is 0 Å². The van der Waals surface area contributed by atoms with Crippen LogP contribution < -0.4 is 0 Å². The molecule has 1 heteroatoms. The number of hydrogen-bond donors (Lipinski definition) is 0. The van der Waals surface area contributed by atoms with Crippen LogP contribution in [0, 0.1) is 20.8 Å². The molecule has 0 saturated heterocycles. The first-order chi connectivity index (χ1) is 7.09. The van der Waals surface area contributed by atoms with Crippen LogP contribution in [0.3, 0.4) is 0 Å². The molecule has 0 radical (unpaired) electrons. The molecule has 0 atom stereocenters. The normalized spacial score (nSPS) is 14.7. The zero-order valence-corrected chi connectivity index (χ0v) is 9.97. The molecule has 1 aliphatic rings. The summed E-state index contributed by atoms with van der Waals surface area (Å²) < 4.78 is 0. The average molecular weight is 204 g/mol. The monoisotopic (exact) mass is 204 g/mol. The Balaban J connectivity index is 0.000000162. The standard InChI is InChI=1S/C9H12.C5H8O/c1-7-4-5-8(2)9(3)6-7;6-5-3-1-2-4-5/h4-6H,1-3H3;1-4H2. The molecular formula is C14H20O. The average Bonchev–Trinajstić information content (AvgIpc) is 2.64. The van der Waals surface area contributed by atoms with Crippen LogP contribution in [-0.2, 0) is 4.79 Å². The van der Waals surface area contributed by atoms with Gasteiger partial charge in [-0.3, -0.25) is 4.79 Å². The Hall–Kier alpha value is -1.11. The van der Waals surface area contributed by atoms with E-state index in [-0.39, 0.29) is 0 Å². The van der Waals surface area contributed by atoms with Gasteiger partial charge in [0.2, 0.25) is 0 Å². The van der Waals surface area contributed by atoms with Crippen molar-refractivity contribution in [3.05, 3.63) is 34.9 Å². The molecule has 0 aromatic heterocycles. The van der Waals surface area contributed by atoms with E-state index in [1.54, 1.807) is 0 Å². The highest BCUT2D eigenvalue weighted by Gasteiger charge is 2.07. The Morgan fingerprint density at radius 1 is 0.933 bits per heavy atom. The zero-order valence-electron chi connectivity index (χ0n) is 9.97. The number of ketones is 1. The number of aryl methyl sites for hydroxylation is 3. The lowest BCUT2D eigenvalue weighted by Crippen LogP contribution is -1.81. The molecule has 0 heterocycles. The van der Waals surface area contributed by atoms with Gasteiger partial charge in [-0.1, -0.05) is 23.8 Å². The Morgan fingerprint density at radius 2 is 1.53 bits per heavy atom. The van der Waals surface area contributed by atoms with E-state index < -0.39 is 0 Å². The highest BCUT2D eigenvalue weighted by atomic mass is 16.1. The van der Waals surface area contributed by atoms with E-state index in [1.165, 1.54) is 16.7 Å². The second kappa shape index (κ2) is 5.69. The molecule has 1 fully saturated rings. The summed E-state index contributed by atoms with van der Waals surface area (Å²) in [6.07, 6.45) is 3.97. The van der Waals surface area contributed by atoms with E-state index in [1.807, 2.05) is 0 Å². The Kier molecular flexibility index (Phi) is 4.54. The summed E-state index contributed by atoms with van der Waals surface area (Å²) in [7, 11) is 0. The lowest BCUT2D eigenvalue weighted by Gasteiger charge is -1.98. The minimum absolute atomic E-state index is 0.454. The number of carbonyl (C=O) groups excluding carboxylic acids is 1. The molecule has 1 aliphatic carbocycles. The number of Topliss-reactive ketones (excluding diaryl/α,β-unsaturated/α-hetero) is 1. The molecule has 82 valence electrons. The third-order valence-electron chi connectivity index (χ3n) is 2.82. The van der Waals surface area contributed by atoms with Crippen molar-refractivity contribution in [3.8, 4) is 0 Å². The van der Waals surface area contributed by atoms with Crippen LogP contribution in [-0.4, -0.2) is 5.78 Å². The van der Waals surface area contributed by atoms with Crippen molar-refractivity contribution in [1.82, 2.24) is 0 Å². The van der Waals surface area contributed by atoms with Crippen LogP contribution >= 0.6 is 0 Å². The van der Waals surface area contributed by atoms with Gasteiger partial charge in [-0.2, -0.15) is 0 Å². The van der Waals surface area contributed by atoms with Crippen molar-refractivity contribution < 1.29 is 4.79 Å². The van der Waals surface area contributed by atoms with Gasteiger partial charge >= 0.3 is 0 Å². The van der Waals surface area contributed by atoms with E-state index in [0.717, 1.165) is 25.7 Å². The third kappa shape index (κ3) is 4.28. The van der Waals surface area contributed by atoms with Crippen molar-refractivity contribution >= 4 is 5.78 Å². The molecular weight excluding hydrogens is 184 g/mol. The van der Waals surface area contributed by atoms with Gasteiger partial charge < -0.3 is 0 Å². The summed E-state index contributed by atoms with van der Waals surface area (Å²) in [6, 6.07) is 6.50. The van der Waals surface area contributed by atoms with E-state index >= 15 is 0 Å². The van der Waals surface area contributed by atoms with Gasteiger partial charge in [0, 0.05) is 12.8 Å². The molecule has 0 aliphatic heterocycles. The third-order valence-corrected chi connectivity index (χ3v) is 2.82. The minimum atomic E-state index is 0.454. The van der Waals surface area contributed by atoms with Gasteiger partial charge in [-0.05, 0) is 44.7 Å². The van der Waals surface area contributed by atoms with E-state index in [0.29, 0.717) is 5.78 Å². The topological polar surface area (TPSA) is 17.1 Å². The van der Waals surface area contributed by atoms with Crippen LogP contribution in [0.1, 0.15) is 42.4 Å². The SMILES string of the molecule is Cc1ccc(C)c(C)c1.O=C1CCCC1. The fourth-order valence-corrected chi connectivity index (χ4v) is 1.66. The van der Waals surface area contributed by atoms with Gasteiger partial charge in [0.05, 0.1) is 0 Å². The van der Waals surface area contributed by atoms with Crippen LogP contribution in [0.15, 0.2) is 18.2 Å². The molecule has 0 bridgehead atoms. The number of hydrogen-bond acceptors (Lipinski definition) is 1. The first-order valence-electron chi connectivity index (χ1n) is 5.65. The maximum absolute atomic E-state index is 10.2. The second-order valence-corrected chi connectivity index (χ2v) is 4.33. The van der Waals surface area contributed by atoms with Crippen LogP contribution in [0.4, 0.5) is 0 Å². The molecule has 0 amide bonds. The predicted molar refractivity (Wildman–Crippen MR) is 64.1 cm³/mol. The minimum Gasteiger partial charge on any atom is -0.300 e. The van der Waals surface area contributed by atoms with E-state index in [4.69, 9.17) is 0 Å². The molecule has 1 aromatic carbocycles. The fourth-order valence-electron chi connectivity index (χ4n) is 1.66. The second-order valence-electron chi connectivity index (χ2n) is 4.33. The highest BCUT2D eigenvalue weighted by Crippen LogP contribution is 2.11. The molecule has 1 nitrogen and oxygen atoms in total. The molecule has 15 heavy (non-hydrogen) atoms. The maximum Gasteiger partial charge on any atom is 0.132 e. The quantitative estimate of drug-likeness (QED) is 0.629. The van der Waals surface area contributed by atoms with E-state index in [9.17, 15) is 4.79 Å². The van der Waals surface area contributed by atoms with Crippen molar-refractivity contribution in [1.29, 1.82) is 0 Å². The molecule has 2 rings (SSSR count). The number of rotatable bonds is 0. The van der Waals surface area contributed by atoms with Crippen molar-refractivity contribution in [3.63, 3.8) is 0 Å². The Morgan fingerprint density at radius 3 is 1.87 bits per heavy atom. The summed E-state index contributed by atoms with van der Waals surface area (Å²) in [4.78, 5) is 10.2. The number of benzene rings is 1. The van der Waals surface area contributed by atoms with Gasteiger partial charge in [-0.25, -0.2) is 0 Å². The maximum atomic E-state index is 10.2. The molecule has 1 aromatic rings.